The number of nitrogens with zero attached hydrogens (tertiary/aromatic N) is 4. The molecule has 8 nitrogen and oxygen atoms in total. The maximum Gasteiger partial charge on any atom is 0.216 e. The summed E-state index contributed by atoms with van der Waals surface area (Å²) in [6.45, 7) is 9.14. The van der Waals surface area contributed by atoms with E-state index in [-0.39, 0.29) is 0 Å². The quantitative estimate of drug-likeness (QED) is 0.486. The summed E-state index contributed by atoms with van der Waals surface area (Å²) >= 11 is 0. The van der Waals surface area contributed by atoms with Crippen molar-refractivity contribution in [2.24, 2.45) is 4.99 Å². The molecule has 0 aromatic carbocycles. The first kappa shape index (κ1) is 19.4. The minimum atomic E-state index is 0.443. The zero-order valence-electron chi connectivity index (χ0n) is 16.4. The Labute approximate surface area is 160 Å². The molecule has 1 aliphatic rings. The molecule has 27 heavy (non-hydrogen) atoms. The summed E-state index contributed by atoms with van der Waals surface area (Å²) in [5.41, 5.74) is 0. The maximum atomic E-state index is 5.32. The number of hydrogen-bond acceptors (Lipinski definition) is 5. The molecule has 0 aliphatic carbocycles. The van der Waals surface area contributed by atoms with Gasteiger partial charge in [0.15, 0.2) is 11.7 Å². The number of unbranched alkanes of at least 4 members (excludes halogenated alkanes) is 1. The number of likely N-dealkylation sites (tertiary alicyclic amines) is 1. The number of piperidine rings is 1. The highest BCUT2D eigenvalue weighted by Gasteiger charge is 2.19. The van der Waals surface area contributed by atoms with Crippen LogP contribution in [0.25, 0.3) is 11.6 Å². The van der Waals surface area contributed by atoms with Gasteiger partial charge in [-0.2, -0.15) is 0 Å². The molecule has 8 heteroatoms. The van der Waals surface area contributed by atoms with Gasteiger partial charge in [0.2, 0.25) is 5.82 Å². The Kier molecular flexibility index (Phi) is 7.27. The molecule has 0 amide bonds. The van der Waals surface area contributed by atoms with Crippen molar-refractivity contribution in [2.75, 3.05) is 26.2 Å². The van der Waals surface area contributed by atoms with E-state index in [0.29, 0.717) is 30.0 Å². The topological polar surface area (TPSA) is 94.4 Å². The summed E-state index contributed by atoms with van der Waals surface area (Å²) in [5, 5.41) is 14.0. The smallest absolute Gasteiger partial charge is 0.216 e. The van der Waals surface area contributed by atoms with Crippen LogP contribution < -0.4 is 10.6 Å². The normalized spacial score (nSPS) is 16.6. The van der Waals surface area contributed by atoms with Gasteiger partial charge < -0.3 is 20.0 Å². The van der Waals surface area contributed by atoms with Crippen LogP contribution in [0.4, 0.5) is 0 Å². The van der Waals surface area contributed by atoms with Crippen molar-refractivity contribution in [3.8, 4) is 11.6 Å². The van der Waals surface area contributed by atoms with E-state index in [1.54, 1.807) is 6.26 Å². The predicted molar refractivity (Wildman–Crippen MR) is 106 cm³/mol. The van der Waals surface area contributed by atoms with Crippen LogP contribution in [0.1, 0.15) is 45.4 Å². The van der Waals surface area contributed by atoms with E-state index in [1.165, 1.54) is 19.4 Å². The molecule has 2 aromatic rings. The Morgan fingerprint density at radius 2 is 2.22 bits per heavy atom. The zero-order valence-corrected chi connectivity index (χ0v) is 16.4. The molecule has 3 N–H and O–H groups in total. The molecule has 0 bridgehead atoms. The minimum absolute atomic E-state index is 0.443. The van der Waals surface area contributed by atoms with E-state index in [2.05, 4.69) is 49.6 Å². The van der Waals surface area contributed by atoms with Crippen molar-refractivity contribution < 1.29 is 4.42 Å². The molecule has 148 valence electrons. The van der Waals surface area contributed by atoms with Crippen molar-refractivity contribution in [2.45, 2.75) is 52.1 Å². The summed E-state index contributed by atoms with van der Waals surface area (Å²) in [6, 6.07) is 4.13. The number of aliphatic imine (C=N–C) groups is 1. The van der Waals surface area contributed by atoms with Crippen molar-refractivity contribution >= 4 is 5.96 Å². The highest BCUT2D eigenvalue weighted by molar-refractivity contribution is 5.80. The van der Waals surface area contributed by atoms with Crippen LogP contribution in [-0.4, -0.2) is 58.3 Å². The summed E-state index contributed by atoms with van der Waals surface area (Å²) < 4.78 is 5.32. The fourth-order valence-electron chi connectivity index (χ4n) is 3.23. The standard InChI is InChI=1S/C19H31N7O/c1-3-5-10-26-11-8-15(9-12-26)22-19(20-4-2)21-14-17-23-18(25-24-17)16-7-6-13-27-16/h6-7,13,15H,3-5,8-12,14H2,1-2H3,(H2,20,21,22)(H,23,24,25). The van der Waals surface area contributed by atoms with Gasteiger partial charge >= 0.3 is 0 Å². The summed E-state index contributed by atoms with van der Waals surface area (Å²) in [7, 11) is 0. The number of aromatic nitrogens is 3. The highest BCUT2D eigenvalue weighted by Crippen LogP contribution is 2.14. The average molecular weight is 374 g/mol. The van der Waals surface area contributed by atoms with E-state index in [9.17, 15) is 0 Å². The second kappa shape index (κ2) is 10.1. The molecular formula is C19H31N7O. The lowest BCUT2D eigenvalue weighted by atomic mass is 10.0. The van der Waals surface area contributed by atoms with Crippen LogP contribution in [0.5, 0.6) is 0 Å². The Balaban J connectivity index is 1.51. The lowest BCUT2D eigenvalue weighted by Crippen LogP contribution is -2.48. The van der Waals surface area contributed by atoms with E-state index < -0.39 is 0 Å². The third kappa shape index (κ3) is 5.82. The van der Waals surface area contributed by atoms with Crippen molar-refractivity contribution in [3.63, 3.8) is 0 Å². The lowest BCUT2D eigenvalue weighted by molar-refractivity contribution is 0.203. The minimum Gasteiger partial charge on any atom is -0.461 e. The lowest BCUT2D eigenvalue weighted by Gasteiger charge is -2.33. The third-order valence-electron chi connectivity index (χ3n) is 4.76. The molecule has 2 aromatic heterocycles. The van der Waals surface area contributed by atoms with E-state index in [0.717, 1.165) is 38.4 Å². The second-order valence-electron chi connectivity index (χ2n) is 6.89. The van der Waals surface area contributed by atoms with Crippen LogP contribution in [0.2, 0.25) is 0 Å². The van der Waals surface area contributed by atoms with Crippen LogP contribution in [0.3, 0.4) is 0 Å². The second-order valence-corrected chi connectivity index (χ2v) is 6.89. The molecule has 0 atom stereocenters. The number of H-pyrrole nitrogens is 1. The summed E-state index contributed by atoms with van der Waals surface area (Å²) in [4.78, 5) is 11.7. The first-order valence-corrected chi connectivity index (χ1v) is 10.0. The van der Waals surface area contributed by atoms with Gasteiger partial charge in [0.1, 0.15) is 12.4 Å². The number of nitrogens with one attached hydrogen (secondary N) is 3. The number of guanidine groups is 1. The maximum absolute atomic E-state index is 5.32. The SMILES string of the molecule is CCCCN1CCC(NC(=NCc2nc(-c3ccco3)n[nH]2)NCC)CC1. The van der Waals surface area contributed by atoms with Crippen molar-refractivity contribution in [1.29, 1.82) is 0 Å². The molecule has 3 rings (SSSR count). The summed E-state index contributed by atoms with van der Waals surface area (Å²) in [5.74, 6) is 2.76. The molecule has 3 heterocycles. The number of rotatable bonds is 8. The fourth-order valence-corrected chi connectivity index (χ4v) is 3.23. The first-order chi connectivity index (χ1) is 13.3. The Morgan fingerprint density at radius 3 is 2.93 bits per heavy atom. The molecule has 0 spiro atoms. The molecular weight excluding hydrogens is 342 g/mol. The van der Waals surface area contributed by atoms with Gasteiger partial charge in [0.25, 0.3) is 0 Å². The van der Waals surface area contributed by atoms with Gasteiger partial charge in [-0.15, -0.1) is 5.10 Å². The van der Waals surface area contributed by atoms with Gasteiger partial charge in [0.05, 0.1) is 6.26 Å². The zero-order chi connectivity index (χ0) is 18.9. The Bertz CT molecular complexity index is 687. The average Bonchev–Trinajstić information content (AvgIpc) is 3.37. The van der Waals surface area contributed by atoms with Gasteiger partial charge in [-0.1, -0.05) is 13.3 Å². The van der Waals surface area contributed by atoms with Crippen molar-refractivity contribution in [3.05, 3.63) is 24.2 Å². The molecule has 0 unspecified atom stereocenters. The highest BCUT2D eigenvalue weighted by atomic mass is 16.3. The molecule has 1 aliphatic heterocycles. The molecule has 0 radical (unpaired) electrons. The fraction of sp³-hybridized carbons (Fsp3) is 0.632. The monoisotopic (exact) mass is 373 g/mol. The number of furan rings is 1. The Hall–Kier alpha value is -2.35. The molecule has 0 saturated carbocycles. The van der Waals surface area contributed by atoms with Gasteiger partial charge in [0, 0.05) is 25.7 Å². The largest absolute Gasteiger partial charge is 0.461 e. The van der Waals surface area contributed by atoms with Crippen molar-refractivity contribution in [1.82, 2.24) is 30.7 Å². The first-order valence-electron chi connectivity index (χ1n) is 10.0. The van der Waals surface area contributed by atoms with Crippen LogP contribution in [0, 0.1) is 0 Å². The number of hydrogen-bond donors (Lipinski definition) is 3. The van der Waals surface area contributed by atoms with Gasteiger partial charge in [-0.05, 0) is 44.9 Å². The van der Waals surface area contributed by atoms with E-state index >= 15 is 0 Å². The van der Waals surface area contributed by atoms with E-state index in [4.69, 9.17) is 4.42 Å². The summed E-state index contributed by atoms with van der Waals surface area (Å²) in [6.07, 6.45) is 6.47. The van der Waals surface area contributed by atoms with Crippen LogP contribution >= 0.6 is 0 Å². The molecule has 1 saturated heterocycles. The van der Waals surface area contributed by atoms with E-state index in [1.807, 2.05) is 12.1 Å². The van der Waals surface area contributed by atoms with Gasteiger partial charge in [-0.3, -0.25) is 5.10 Å². The van der Waals surface area contributed by atoms with Crippen LogP contribution in [0.15, 0.2) is 27.8 Å². The third-order valence-corrected chi connectivity index (χ3v) is 4.76. The van der Waals surface area contributed by atoms with Crippen LogP contribution in [-0.2, 0) is 6.54 Å². The number of aromatic amines is 1. The predicted octanol–water partition coefficient (Wildman–Crippen LogP) is 2.38. The molecule has 1 fully saturated rings. The Morgan fingerprint density at radius 1 is 1.37 bits per heavy atom. The van der Waals surface area contributed by atoms with Gasteiger partial charge in [-0.25, -0.2) is 9.98 Å².